The number of allylic oxidation sites excluding steroid dienone is 2. The minimum absolute atomic E-state index is 0.0677. The lowest BCUT2D eigenvalue weighted by Crippen LogP contribution is -2.19. The number of thiazole rings is 1. The molecule has 2 heterocycles. The second-order valence-corrected chi connectivity index (χ2v) is 7.31. The molecule has 1 aromatic carbocycles. The van der Waals surface area contributed by atoms with Crippen molar-refractivity contribution in [3.05, 3.63) is 58.7 Å². The van der Waals surface area contributed by atoms with Gasteiger partial charge in [-0.2, -0.15) is 0 Å². The van der Waals surface area contributed by atoms with Crippen molar-refractivity contribution in [1.29, 1.82) is 0 Å². The molecule has 28 heavy (non-hydrogen) atoms. The SMILES string of the molecule is CNc1ccc(/C=C(C)/C=C/c2nc3ccc(OCC(O)CF)cc3s2)cn1. The van der Waals surface area contributed by atoms with Crippen LogP contribution in [0.1, 0.15) is 17.5 Å². The van der Waals surface area contributed by atoms with Crippen LogP contribution in [0, 0.1) is 0 Å². The molecule has 1 atom stereocenters. The van der Waals surface area contributed by atoms with Gasteiger partial charge in [0.15, 0.2) is 0 Å². The lowest BCUT2D eigenvalue weighted by molar-refractivity contribution is 0.0842. The Balaban J connectivity index is 1.69. The van der Waals surface area contributed by atoms with E-state index in [4.69, 9.17) is 4.74 Å². The summed E-state index contributed by atoms with van der Waals surface area (Å²) in [6, 6.07) is 9.43. The highest BCUT2D eigenvalue weighted by atomic mass is 32.1. The number of anilines is 1. The maximum absolute atomic E-state index is 12.3. The molecule has 0 amide bonds. The van der Waals surface area contributed by atoms with Gasteiger partial charge in [-0.05, 0) is 48.9 Å². The summed E-state index contributed by atoms with van der Waals surface area (Å²) in [5.41, 5.74) is 2.99. The van der Waals surface area contributed by atoms with Gasteiger partial charge >= 0.3 is 0 Å². The third kappa shape index (κ3) is 5.37. The van der Waals surface area contributed by atoms with Crippen LogP contribution in [0.4, 0.5) is 10.2 Å². The van der Waals surface area contributed by atoms with Crippen LogP contribution in [0.2, 0.25) is 0 Å². The number of ether oxygens (including phenoxy) is 1. The van der Waals surface area contributed by atoms with Crippen LogP contribution in [-0.2, 0) is 0 Å². The Kier molecular flexibility index (Phi) is 6.73. The molecule has 2 aromatic heterocycles. The van der Waals surface area contributed by atoms with Crippen LogP contribution in [-0.4, -0.2) is 41.5 Å². The van der Waals surface area contributed by atoms with Crippen LogP contribution >= 0.6 is 11.3 Å². The Labute approximate surface area is 167 Å². The van der Waals surface area contributed by atoms with E-state index >= 15 is 0 Å². The van der Waals surface area contributed by atoms with Crippen molar-refractivity contribution in [2.24, 2.45) is 0 Å². The average molecular weight is 399 g/mol. The molecule has 0 radical (unpaired) electrons. The zero-order chi connectivity index (χ0) is 19.9. The minimum atomic E-state index is -1.10. The third-order valence-electron chi connectivity index (χ3n) is 3.92. The molecule has 0 aliphatic rings. The van der Waals surface area contributed by atoms with Crippen LogP contribution < -0.4 is 10.1 Å². The standard InChI is InChI=1S/C21H22FN3O2S/c1-14(9-15-4-7-20(23-2)24-12-15)3-8-21-25-18-6-5-17(10-19(18)28-21)27-13-16(26)11-22/h3-10,12,16,26H,11,13H2,1-2H3,(H,23,24)/b8-3+,14-9+. The molecule has 0 saturated carbocycles. The Morgan fingerprint density at radius 2 is 2.21 bits per heavy atom. The van der Waals surface area contributed by atoms with Gasteiger partial charge < -0.3 is 15.2 Å². The van der Waals surface area contributed by atoms with Gasteiger partial charge in [-0.15, -0.1) is 11.3 Å². The molecule has 3 rings (SSSR count). The van der Waals surface area contributed by atoms with Gasteiger partial charge in [0.25, 0.3) is 0 Å². The first-order valence-corrected chi connectivity index (χ1v) is 9.66. The summed E-state index contributed by atoms with van der Waals surface area (Å²) in [5.74, 6) is 1.43. The zero-order valence-corrected chi connectivity index (χ0v) is 16.5. The van der Waals surface area contributed by atoms with Gasteiger partial charge in [0.1, 0.15) is 36.0 Å². The molecule has 2 N–H and O–H groups in total. The van der Waals surface area contributed by atoms with Crippen molar-refractivity contribution < 1.29 is 14.2 Å². The molecule has 3 aromatic rings. The summed E-state index contributed by atoms with van der Waals surface area (Å²) in [5, 5.41) is 13.1. The number of benzene rings is 1. The summed E-state index contributed by atoms with van der Waals surface area (Å²) in [6.45, 7) is 1.14. The van der Waals surface area contributed by atoms with E-state index in [9.17, 15) is 9.50 Å². The van der Waals surface area contributed by atoms with Crippen molar-refractivity contribution in [3.8, 4) is 5.75 Å². The van der Waals surface area contributed by atoms with Crippen molar-refractivity contribution in [1.82, 2.24) is 9.97 Å². The van der Waals surface area contributed by atoms with Gasteiger partial charge in [0, 0.05) is 13.2 Å². The molecular weight excluding hydrogens is 377 g/mol. The molecule has 0 bridgehead atoms. The molecule has 5 nitrogen and oxygen atoms in total. The van der Waals surface area contributed by atoms with E-state index in [1.807, 2.05) is 56.6 Å². The second-order valence-electron chi connectivity index (χ2n) is 6.25. The number of nitrogens with zero attached hydrogens (tertiary/aromatic N) is 2. The number of fused-ring (bicyclic) bond motifs is 1. The van der Waals surface area contributed by atoms with E-state index in [2.05, 4.69) is 21.4 Å². The van der Waals surface area contributed by atoms with E-state index < -0.39 is 12.8 Å². The Hall–Kier alpha value is -2.77. The van der Waals surface area contributed by atoms with Gasteiger partial charge in [-0.3, -0.25) is 0 Å². The highest BCUT2D eigenvalue weighted by Gasteiger charge is 2.07. The summed E-state index contributed by atoms with van der Waals surface area (Å²) >= 11 is 1.54. The Bertz CT molecular complexity index is 983. The molecule has 0 aliphatic carbocycles. The maximum Gasteiger partial charge on any atom is 0.125 e. The van der Waals surface area contributed by atoms with Crippen molar-refractivity contribution in [2.75, 3.05) is 25.6 Å². The van der Waals surface area contributed by atoms with Crippen molar-refractivity contribution in [3.63, 3.8) is 0 Å². The fourth-order valence-corrected chi connectivity index (χ4v) is 3.37. The number of aliphatic hydroxyl groups excluding tert-OH is 1. The third-order valence-corrected chi connectivity index (χ3v) is 4.91. The summed E-state index contributed by atoms with van der Waals surface area (Å²) in [6.07, 6.45) is 6.76. The molecule has 1 unspecified atom stereocenters. The number of alkyl halides is 1. The molecule has 0 saturated heterocycles. The highest BCUT2D eigenvalue weighted by Crippen LogP contribution is 2.27. The van der Waals surface area contributed by atoms with E-state index in [1.54, 1.807) is 17.4 Å². The summed E-state index contributed by atoms with van der Waals surface area (Å²) in [4.78, 5) is 8.88. The molecule has 7 heteroatoms. The maximum atomic E-state index is 12.3. The lowest BCUT2D eigenvalue weighted by Gasteiger charge is -2.08. The van der Waals surface area contributed by atoms with Crippen LogP contribution in [0.15, 0.2) is 48.2 Å². The second kappa shape index (κ2) is 9.43. The highest BCUT2D eigenvalue weighted by molar-refractivity contribution is 7.19. The molecular formula is C21H22FN3O2S. The van der Waals surface area contributed by atoms with Crippen LogP contribution in [0.5, 0.6) is 5.75 Å². The minimum Gasteiger partial charge on any atom is -0.491 e. The van der Waals surface area contributed by atoms with Gasteiger partial charge in [-0.25, -0.2) is 14.4 Å². The van der Waals surface area contributed by atoms with Gasteiger partial charge in [0.2, 0.25) is 0 Å². The van der Waals surface area contributed by atoms with Crippen molar-refractivity contribution >= 4 is 39.5 Å². The number of aliphatic hydroxyl groups is 1. The van der Waals surface area contributed by atoms with Crippen LogP contribution in [0.25, 0.3) is 22.4 Å². The van der Waals surface area contributed by atoms with E-state index in [0.717, 1.165) is 32.2 Å². The predicted octanol–water partition coefficient (Wildman–Crippen LogP) is 4.56. The topological polar surface area (TPSA) is 67.3 Å². The molecule has 0 aliphatic heterocycles. The largest absolute Gasteiger partial charge is 0.491 e. The fourth-order valence-electron chi connectivity index (χ4n) is 2.47. The monoisotopic (exact) mass is 399 g/mol. The number of halogens is 1. The number of rotatable bonds is 8. The molecule has 146 valence electrons. The zero-order valence-electron chi connectivity index (χ0n) is 15.7. The van der Waals surface area contributed by atoms with E-state index in [-0.39, 0.29) is 6.61 Å². The number of hydrogen-bond donors (Lipinski definition) is 2. The Morgan fingerprint density at radius 3 is 2.93 bits per heavy atom. The van der Waals surface area contributed by atoms with Gasteiger partial charge in [0.05, 0.1) is 10.2 Å². The summed E-state index contributed by atoms with van der Waals surface area (Å²) < 4.78 is 18.7. The first-order valence-electron chi connectivity index (χ1n) is 8.85. The van der Waals surface area contributed by atoms with Crippen molar-refractivity contribution in [2.45, 2.75) is 13.0 Å². The first-order chi connectivity index (χ1) is 13.6. The molecule has 0 fully saturated rings. The molecule has 0 spiro atoms. The van der Waals surface area contributed by atoms with E-state index in [0.29, 0.717) is 5.75 Å². The lowest BCUT2D eigenvalue weighted by atomic mass is 10.2. The quantitative estimate of drug-likeness (QED) is 0.544. The first kappa shape index (κ1) is 20.0. The average Bonchev–Trinajstić information content (AvgIpc) is 3.13. The Morgan fingerprint density at radius 1 is 1.36 bits per heavy atom. The normalized spacial score (nSPS) is 13.2. The van der Waals surface area contributed by atoms with E-state index in [1.165, 1.54) is 0 Å². The smallest absolute Gasteiger partial charge is 0.125 e. The summed E-state index contributed by atoms with van der Waals surface area (Å²) in [7, 11) is 1.84. The number of hydrogen-bond acceptors (Lipinski definition) is 6. The number of aromatic nitrogens is 2. The number of pyridine rings is 1. The van der Waals surface area contributed by atoms with Gasteiger partial charge in [-0.1, -0.05) is 17.7 Å². The predicted molar refractivity (Wildman–Crippen MR) is 114 cm³/mol. The van der Waals surface area contributed by atoms with Crippen LogP contribution in [0.3, 0.4) is 0 Å². The fraction of sp³-hybridized carbons (Fsp3) is 0.238. The number of nitrogens with one attached hydrogen (secondary N) is 1.